The highest BCUT2D eigenvalue weighted by Gasteiger charge is 2.18. The van der Waals surface area contributed by atoms with Crippen LogP contribution in [-0.4, -0.2) is 6.61 Å². The van der Waals surface area contributed by atoms with Crippen LogP contribution in [0.3, 0.4) is 0 Å². The van der Waals surface area contributed by atoms with E-state index in [4.69, 9.17) is 10.5 Å². The summed E-state index contributed by atoms with van der Waals surface area (Å²) in [4.78, 5) is 0. The highest BCUT2D eigenvalue weighted by Crippen LogP contribution is 2.29. The van der Waals surface area contributed by atoms with Crippen molar-refractivity contribution in [2.24, 2.45) is 11.8 Å². The van der Waals surface area contributed by atoms with Gasteiger partial charge in [-0.15, -0.1) is 0 Å². The topological polar surface area (TPSA) is 35.2 Å². The second kappa shape index (κ2) is 6.58. The molecule has 0 aliphatic heterocycles. The number of hydrogen-bond donors (Lipinski definition) is 1. The SMILES string of the molecule is CC1CCCC(COCc2cccc(N)c2Br)C1. The minimum Gasteiger partial charge on any atom is -0.398 e. The highest BCUT2D eigenvalue weighted by molar-refractivity contribution is 9.10. The van der Waals surface area contributed by atoms with Crippen LogP contribution in [0.1, 0.15) is 38.2 Å². The summed E-state index contributed by atoms with van der Waals surface area (Å²) in [5.74, 6) is 1.61. The van der Waals surface area contributed by atoms with E-state index >= 15 is 0 Å². The summed E-state index contributed by atoms with van der Waals surface area (Å²) in [5.41, 5.74) is 7.77. The third kappa shape index (κ3) is 3.72. The van der Waals surface area contributed by atoms with Gasteiger partial charge in [0.25, 0.3) is 0 Å². The number of ether oxygens (including phenoxy) is 1. The lowest BCUT2D eigenvalue weighted by Gasteiger charge is -2.26. The van der Waals surface area contributed by atoms with Crippen LogP contribution in [0, 0.1) is 11.8 Å². The molecule has 2 unspecified atom stereocenters. The summed E-state index contributed by atoms with van der Waals surface area (Å²) >= 11 is 3.51. The van der Waals surface area contributed by atoms with Gasteiger partial charge in [-0.3, -0.25) is 0 Å². The van der Waals surface area contributed by atoms with E-state index in [-0.39, 0.29) is 0 Å². The summed E-state index contributed by atoms with van der Waals surface area (Å²) in [7, 11) is 0. The van der Waals surface area contributed by atoms with Crippen molar-refractivity contribution in [3.8, 4) is 0 Å². The van der Waals surface area contributed by atoms with Gasteiger partial charge in [-0.05, 0) is 52.2 Å². The van der Waals surface area contributed by atoms with Crippen LogP contribution in [0.5, 0.6) is 0 Å². The fraction of sp³-hybridized carbons (Fsp3) is 0.600. The van der Waals surface area contributed by atoms with Crippen molar-refractivity contribution in [2.45, 2.75) is 39.2 Å². The molecular formula is C15H22BrNO. The van der Waals surface area contributed by atoms with E-state index in [2.05, 4.69) is 28.9 Å². The Morgan fingerprint density at radius 3 is 3.00 bits per heavy atom. The smallest absolute Gasteiger partial charge is 0.0728 e. The van der Waals surface area contributed by atoms with E-state index in [0.717, 1.165) is 34.2 Å². The maximum atomic E-state index is 5.86. The number of anilines is 1. The highest BCUT2D eigenvalue weighted by atomic mass is 79.9. The van der Waals surface area contributed by atoms with Crippen LogP contribution in [0.25, 0.3) is 0 Å². The number of rotatable bonds is 4. The molecule has 0 radical (unpaired) electrons. The van der Waals surface area contributed by atoms with E-state index in [9.17, 15) is 0 Å². The normalized spacial score (nSPS) is 24.1. The van der Waals surface area contributed by atoms with Gasteiger partial charge in [-0.1, -0.05) is 31.9 Å². The van der Waals surface area contributed by atoms with Crippen molar-refractivity contribution >= 4 is 21.6 Å². The molecule has 0 amide bonds. The molecule has 0 spiro atoms. The molecule has 1 fully saturated rings. The molecule has 3 heteroatoms. The van der Waals surface area contributed by atoms with Crippen LogP contribution in [0.2, 0.25) is 0 Å². The molecule has 0 heterocycles. The van der Waals surface area contributed by atoms with Crippen LogP contribution < -0.4 is 5.73 Å². The molecule has 2 rings (SSSR count). The van der Waals surface area contributed by atoms with E-state index in [0.29, 0.717) is 6.61 Å². The molecule has 0 bridgehead atoms. The molecule has 18 heavy (non-hydrogen) atoms. The van der Waals surface area contributed by atoms with Crippen LogP contribution in [-0.2, 0) is 11.3 Å². The van der Waals surface area contributed by atoms with Gasteiger partial charge in [-0.2, -0.15) is 0 Å². The molecule has 2 N–H and O–H groups in total. The maximum absolute atomic E-state index is 5.86. The molecule has 1 saturated carbocycles. The lowest BCUT2D eigenvalue weighted by atomic mass is 9.83. The fourth-order valence-corrected chi connectivity index (χ4v) is 3.14. The lowest BCUT2D eigenvalue weighted by Crippen LogP contribution is -2.18. The number of hydrogen-bond acceptors (Lipinski definition) is 2. The minimum absolute atomic E-state index is 0.649. The number of benzene rings is 1. The molecule has 0 saturated heterocycles. The van der Waals surface area contributed by atoms with Gasteiger partial charge < -0.3 is 10.5 Å². The summed E-state index contributed by atoms with van der Waals surface area (Å²) < 4.78 is 6.83. The van der Waals surface area contributed by atoms with Crippen molar-refractivity contribution in [2.75, 3.05) is 12.3 Å². The van der Waals surface area contributed by atoms with E-state index in [1.807, 2.05) is 12.1 Å². The van der Waals surface area contributed by atoms with Crippen molar-refractivity contribution in [1.82, 2.24) is 0 Å². The monoisotopic (exact) mass is 311 g/mol. The second-order valence-electron chi connectivity index (χ2n) is 5.47. The quantitative estimate of drug-likeness (QED) is 0.838. The predicted molar refractivity (Wildman–Crippen MR) is 79.3 cm³/mol. The lowest BCUT2D eigenvalue weighted by molar-refractivity contribution is 0.0655. The van der Waals surface area contributed by atoms with Crippen molar-refractivity contribution < 1.29 is 4.74 Å². The molecule has 0 aromatic heterocycles. The van der Waals surface area contributed by atoms with Crippen molar-refractivity contribution in [3.63, 3.8) is 0 Å². The largest absolute Gasteiger partial charge is 0.398 e. The Labute approximate surface area is 118 Å². The van der Waals surface area contributed by atoms with Crippen LogP contribution in [0.4, 0.5) is 5.69 Å². The molecule has 2 atom stereocenters. The molecule has 1 aromatic carbocycles. The fourth-order valence-electron chi connectivity index (χ4n) is 2.76. The molecule has 1 aliphatic rings. The summed E-state index contributed by atoms with van der Waals surface area (Å²) in [6, 6.07) is 5.93. The first-order valence-electron chi connectivity index (χ1n) is 6.77. The third-order valence-electron chi connectivity index (χ3n) is 3.76. The first-order chi connectivity index (χ1) is 8.66. The molecule has 1 aromatic rings. The van der Waals surface area contributed by atoms with E-state index < -0.39 is 0 Å². The Balaban J connectivity index is 1.79. The van der Waals surface area contributed by atoms with Gasteiger partial charge in [0.05, 0.1) is 6.61 Å². The van der Waals surface area contributed by atoms with Gasteiger partial charge >= 0.3 is 0 Å². The van der Waals surface area contributed by atoms with Gasteiger partial charge in [0, 0.05) is 16.8 Å². The Bertz CT molecular complexity index is 394. The number of nitrogens with two attached hydrogens (primary N) is 1. The summed E-state index contributed by atoms with van der Waals surface area (Å²) in [5, 5.41) is 0. The first kappa shape index (κ1) is 13.9. The minimum atomic E-state index is 0.649. The first-order valence-corrected chi connectivity index (χ1v) is 7.56. The molecular weight excluding hydrogens is 290 g/mol. The van der Waals surface area contributed by atoms with Crippen molar-refractivity contribution in [3.05, 3.63) is 28.2 Å². The third-order valence-corrected chi connectivity index (χ3v) is 4.73. The van der Waals surface area contributed by atoms with Crippen LogP contribution in [0.15, 0.2) is 22.7 Å². The second-order valence-corrected chi connectivity index (χ2v) is 6.27. The van der Waals surface area contributed by atoms with Gasteiger partial charge in [0.2, 0.25) is 0 Å². The van der Waals surface area contributed by atoms with Gasteiger partial charge in [-0.25, -0.2) is 0 Å². The maximum Gasteiger partial charge on any atom is 0.0728 e. The average Bonchev–Trinajstić information content (AvgIpc) is 2.35. The van der Waals surface area contributed by atoms with Crippen molar-refractivity contribution in [1.29, 1.82) is 0 Å². The molecule has 100 valence electrons. The Kier molecular flexibility index (Phi) is 5.07. The zero-order valence-corrected chi connectivity index (χ0v) is 12.6. The predicted octanol–water partition coefficient (Wildman–Crippen LogP) is 4.37. The summed E-state index contributed by atoms with van der Waals surface area (Å²) in [6.07, 6.45) is 5.38. The van der Waals surface area contributed by atoms with Gasteiger partial charge in [0.1, 0.15) is 0 Å². The standard InChI is InChI=1S/C15H22BrNO/c1-11-4-2-5-12(8-11)9-18-10-13-6-3-7-14(17)15(13)16/h3,6-7,11-12H,2,4-5,8-10,17H2,1H3. The molecule has 2 nitrogen and oxygen atoms in total. The summed E-state index contributed by atoms with van der Waals surface area (Å²) in [6.45, 7) is 3.88. The van der Waals surface area contributed by atoms with E-state index in [1.165, 1.54) is 25.7 Å². The molecule has 1 aliphatic carbocycles. The zero-order chi connectivity index (χ0) is 13.0. The van der Waals surface area contributed by atoms with Crippen LogP contribution >= 0.6 is 15.9 Å². The number of nitrogen functional groups attached to an aromatic ring is 1. The Morgan fingerprint density at radius 2 is 2.22 bits per heavy atom. The van der Waals surface area contributed by atoms with E-state index in [1.54, 1.807) is 0 Å². The van der Waals surface area contributed by atoms with Gasteiger partial charge in [0.15, 0.2) is 0 Å². The zero-order valence-electron chi connectivity index (χ0n) is 11.0. The Morgan fingerprint density at radius 1 is 1.39 bits per heavy atom. The number of halogens is 1. The Hall–Kier alpha value is -0.540. The average molecular weight is 312 g/mol.